The van der Waals surface area contributed by atoms with Crippen LogP contribution in [-0.2, 0) is 95.0 Å². The van der Waals surface area contributed by atoms with E-state index in [2.05, 4.69) is 0 Å². The van der Waals surface area contributed by atoms with E-state index < -0.39 is 0 Å². The van der Waals surface area contributed by atoms with Gasteiger partial charge in [-0.25, -0.2) is 0 Å². The number of hydrogen-bond acceptors (Lipinski definition) is 0. The summed E-state index contributed by atoms with van der Waals surface area (Å²) in [6.45, 7) is 0. The van der Waals surface area contributed by atoms with E-state index in [-0.39, 0.29) is 95.0 Å². The Morgan fingerprint density at radius 1 is 0.400 bits per heavy atom. The molecule has 0 amide bonds. The quantitative estimate of drug-likeness (QED) is 0.550. The van der Waals surface area contributed by atoms with Gasteiger partial charge < -0.3 is 0 Å². The summed E-state index contributed by atoms with van der Waals surface area (Å²) in [5.41, 5.74) is 0. The van der Waals surface area contributed by atoms with Crippen molar-refractivity contribution in [3.8, 4) is 0 Å². The Morgan fingerprint density at radius 3 is 0.400 bits per heavy atom. The molecule has 19 valence electrons. The summed E-state index contributed by atoms with van der Waals surface area (Å²) in [6, 6.07) is 0. The van der Waals surface area contributed by atoms with Crippen molar-refractivity contribution < 1.29 is 95.0 Å². The third-order valence-electron chi connectivity index (χ3n) is 0. The molecule has 5 heteroatoms. The molecule has 0 bridgehead atoms. The molecule has 0 aliphatic rings. The maximum Gasteiger partial charge on any atom is 0 e. The van der Waals surface area contributed by atoms with Gasteiger partial charge in [-0.2, -0.15) is 0 Å². The third kappa shape index (κ3) is 19.4. The first-order valence-corrected chi connectivity index (χ1v) is 0. The topological polar surface area (TPSA) is 0 Å². The molecule has 0 aromatic carbocycles. The molecule has 0 saturated carbocycles. The normalized spacial score (nSPS) is 0. The minimum Gasteiger partial charge on any atom is 0 e. The van der Waals surface area contributed by atoms with E-state index in [0.717, 1.165) is 0 Å². The van der Waals surface area contributed by atoms with Gasteiger partial charge in [-0.3, -0.25) is 0 Å². The zero-order chi connectivity index (χ0) is 0. The van der Waals surface area contributed by atoms with Crippen molar-refractivity contribution in [2.24, 2.45) is 0 Å². The van der Waals surface area contributed by atoms with Gasteiger partial charge in [-0.05, 0) is 0 Å². The molecular formula is CuZn4. The Labute approximate surface area is 93.5 Å². The maximum absolute atomic E-state index is 0. The van der Waals surface area contributed by atoms with Crippen molar-refractivity contribution in [3.05, 3.63) is 0 Å². The molecule has 0 nitrogen and oxygen atoms in total. The Balaban J connectivity index is 0. The van der Waals surface area contributed by atoms with Crippen molar-refractivity contribution in [2.45, 2.75) is 0 Å². The van der Waals surface area contributed by atoms with Crippen LogP contribution in [0.5, 0.6) is 0 Å². The van der Waals surface area contributed by atoms with Gasteiger partial charge in [0, 0.05) is 95.0 Å². The maximum atomic E-state index is 0. The Morgan fingerprint density at radius 2 is 0.400 bits per heavy atom. The van der Waals surface area contributed by atoms with Crippen molar-refractivity contribution in [1.82, 2.24) is 0 Å². The molecule has 0 N–H and O–H groups in total. The Hall–Kier alpha value is 3.01. The summed E-state index contributed by atoms with van der Waals surface area (Å²) in [6.07, 6.45) is 0. The largest absolute Gasteiger partial charge is 0 e. The second kappa shape index (κ2) is 27.9. The molecule has 0 rings (SSSR count). The minimum absolute atomic E-state index is 0. The van der Waals surface area contributed by atoms with E-state index in [1.165, 1.54) is 0 Å². The van der Waals surface area contributed by atoms with Crippen molar-refractivity contribution >= 4 is 0 Å². The SMILES string of the molecule is [Cu].[Zn].[Zn].[Zn].[Zn]. The van der Waals surface area contributed by atoms with Crippen LogP contribution < -0.4 is 0 Å². The van der Waals surface area contributed by atoms with Gasteiger partial charge in [0.15, 0.2) is 0 Å². The van der Waals surface area contributed by atoms with Gasteiger partial charge in [0.1, 0.15) is 0 Å². The first-order chi connectivity index (χ1) is 0. The van der Waals surface area contributed by atoms with E-state index in [0.29, 0.717) is 0 Å². The van der Waals surface area contributed by atoms with E-state index in [1.54, 1.807) is 0 Å². The second-order valence-corrected chi connectivity index (χ2v) is 0. The first kappa shape index (κ1) is 43.4. The van der Waals surface area contributed by atoms with E-state index >= 15 is 0 Å². The molecule has 0 atom stereocenters. The molecule has 0 heterocycles. The molecule has 5 heavy (non-hydrogen) atoms. The summed E-state index contributed by atoms with van der Waals surface area (Å²) >= 11 is 0. The summed E-state index contributed by atoms with van der Waals surface area (Å²) in [4.78, 5) is 0. The molecular weight excluding hydrogens is 325 g/mol. The van der Waals surface area contributed by atoms with Crippen LogP contribution in [0.15, 0.2) is 0 Å². The zero-order valence-electron chi connectivity index (χ0n) is 3.13. The fourth-order valence-electron chi connectivity index (χ4n) is 0. The molecule has 0 aliphatic heterocycles. The molecule has 0 spiro atoms. The average Bonchev–Trinajstić information content (AvgIpc) is 0. The van der Waals surface area contributed by atoms with Crippen LogP contribution >= 0.6 is 0 Å². The Bertz CT molecular complexity index is 3.61. The van der Waals surface area contributed by atoms with E-state index in [1.807, 2.05) is 0 Å². The predicted molar refractivity (Wildman–Crippen MR) is 0 cm³/mol. The fourth-order valence-corrected chi connectivity index (χ4v) is 0. The molecule has 0 aliphatic carbocycles. The van der Waals surface area contributed by atoms with Gasteiger partial charge in [-0.1, -0.05) is 0 Å². The van der Waals surface area contributed by atoms with Gasteiger partial charge in [0.25, 0.3) is 0 Å². The van der Waals surface area contributed by atoms with Gasteiger partial charge in [-0.15, -0.1) is 0 Å². The monoisotopic (exact) mass is 319 g/mol. The van der Waals surface area contributed by atoms with Crippen molar-refractivity contribution in [1.29, 1.82) is 0 Å². The predicted octanol–water partition coefficient (Wildman–Crippen LogP) is -0.0125. The van der Waals surface area contributed by atoms with Crippen LogP contribution in [-0.4, -0.2) is 0 Å². The van der Waals surface area contributed by atoms with Crippen LogP contribution in [0.25, 0.3) is 0 Å². The molecule has 1 radical (unpaired) electrons. The Kier molecular flexibility index (Phi) is 243. The smallest absolute Gasteiger partial charge is 0 e. The van der Waals surface area contributed by atoms with Crippen LogP contribution in [0.3, 0.4) is 0 Å². The summed E-state index contributed by atoms with van der Waals surface area (Å²) in [7, 11) is 0. The van der Waals surface area contributed by atoms with Gasteiger partial charge in [0.2, 0.25) is 0 Å². The summed E-state index contributed by atoms with van der Waals surface area (Å²) < 4.78 is 0. The third-order valence-corrected chi connectivity index (χ3v) is 0. The zero-order valence-corrected chi connectivity index (χ0v) is 15.9. The summed E-state index contributed by atoms with van der Waals surface area (Å²) in [5.74, 6) is 0. The van der Waals surface area contributed by atoms with Gasteiger partial charge in [0.05, 0.1) is 0 Å². The fraction of sp³-hybridized carbons (Fsp3) is 0. The molecule has 0 unspecified atom stereocenters. The van der Waals surface area contributed by atoms with E-state index in [4.69, 9.17) is 0 Å². The average molecular weight is 325 g/mol. The van der Waals surface area contributed by atoms with Gasteiger partial charge >= 0.3 is 0 Å². The molecule has 0 fully saturated rings. The standard InChI is InChI=1S/Cu.4Zn. The van der Waals surface area contributed by atoms with Crippen LogP contribution in [0.4, 0.5) is 0 Å². The number of hydrogen-bond donors (Lipinski definition) is 0. The minimum atomic E-state index is 0. The first-order valence-electron chi connectivity index (χ1n) is 0. The van der Waals surface area contributed by atoms with Crippen LogP contribution in [0.2, 0.25) is 0 Å². The van der Waals surface area contributed by atoms with Crippen molar-refractivity contribution in [3.63, 3.8) is 0 Å². The van der Waals surface area contributed by atoms with E-state index in [9.17, 15) is 0 Å². The molecule has 0 saturated heterocycles. The molecule has 0 aromatic rings. The van der Waals surface area contributed by atoms with Crippen LogP contribution in [0.1, 0.15) is 0 Å². The number of rotatable bonds is 0. The van der Waals surface area contributed by atoms with Crippen LogP contribution in [0, 0.1) is 0 Å². The second-order valence-electron chi connectivity index (χ2n) is 0. The van der Waals surface area contributed by atoms with Crippen molar-refractivity contribution in [2.75, 3.05) is 0 Å². The summed E-state index contributed by atoms with van der Waals surface area (Å²) in [5, 5.41) is 0. The molecule has 0 aromatic heterocycles.